The lowest BCUT2D eigenvalue weighted by molar-refractivity contribution is 0.400. The number of nitrogens with zero attached hydrogens (tertiary/aromatic N) is 1. The zero-order valence-corrected chi connectivity index (χ0v) is 13.0. The van der Waals surface area contributed by atoms with Crippen LogP contribution in [0, 0.1) is 0 Å². The first kappa shape index (κ1) is 13.8. The highest BCUT2D eigenvalue weighted by molar-refractivity contribution is 9.10. The topological polar surface area (TPSA) is 49.7 Å². The van der Waals surface area contributed by atoms with Crippen molar-refractivity contribution >= 4 is 22.0 Å². The lowest BCUT2D eigenvalue weighted by Crippen LogP contribution is -2.23. The third-order valence-corrected chi connectivity index (χ3v) is 5.34. The van der Waals surface area contributed by atoms with Crippen LogP contribution in [0.25, 0.3) is 0 Å². The molecule has 0 aliphatic heterocycles. The Kier molecular flexibility index (Phi) is 3.70. The largest absolute Gasteiger partial charge is 0.506 e. The fourth-order valence-corrected chi connectivity index (χ4v) is 4.30. The van der Waals surface area contributed by atoms with E-state index in [1.807, 2.05) is 6.07 Å². The number of hydrogen-bond acceptors (Lipinski definition) is 3. The molecular weight excluding hydrogens is 318 g/mol. The number of benzene rings is 1. The number of aliphatic imine (C=N–C) groups is 1. The van der Waals surface area contributed by atoms with E-state index < -0.39 is 5.54 Å². The number of halogens is 1. The second kappa shape index (κ2) is 5.34. The molecule has 1 saturated carbocycles. The monoisotopic (exact) mass is 335 g/mol. The average molecular weight is 336 g/mol. The summed E-state index contributed by atoms with van der Waals surface area (Å²) in [5.41, 5.74) is 2.86. The van der Waals surface area contributed by atoms with Crippen LogP contribution in [0.4, 0.5) is 0 Å². The molecule has 3 nitrogen and oxygen atoms in total. The first-order valence-corrected chi connectivity index (χ1v) is 8.10. The summed E-state index contributed by atoms with van der Waals surface area (Å²) in [6.07, 6.45) is 9.86. The fourth-order valence-electron chi connectivity index (χ4n) is 3.82. The van der Waals surface area contributed by atoms with Crippen LogP contribution in [-0.2, 0) is 23.2 Å². The van der Waals surface area contributed by atoms with Crippen LogP contribution in [0.1, 0.15) is 55.2 Å². The summed E-state index contributed by atoms with van der Waals surface area (Å²) < 4.78 is 0.723. The average Bonchev–Trinajstić information content (AvgIpc) is 2.90. The summed E-state index contributed by atoms with van der Waals surface area (Å²) in [5, 5.41) is 10.6. The Morgan fingerprint density at radius 1 is 1.20 bits per heavy atom. The molecule has 1 aromatic rings. The van der Waals surface area contributed by atoms with Crippen LogP contribution in [0.2, 0.25) is 0 Å². The molecule has 106 valence electrons. The fraction of sp³-hybridized carbons (Fsp3) is 0.562. The number of fused-ring (bicyclic) bond motifs is 1. The van der Waals surface area contributed by atoms with Crippen molar-refractivity contribution in [2.24, 2.45) is 4.99 Å². The van der Waals surface area contributed by atoms with Crippen molar-refractivity contribution < 1.29 is 9.90 Å². The summed E-state index contributed by atoms with van der Waals surface area (Å²) >= 11 is 3.46. The van der Waals surface area contributed by atoms with Gasteiger partial charge in [-0.1, -0.05) is 12.8 Å². The number of carbonyl (C=O) groups excluding carboxylic acids is 1. The normalized spacial score (nSPS) is 20.2. The van der Waals surface area contributed by atoms with Gasteiger partial charge in [-0.2, -0.15) is 4.99 Å². The first-order valence-electron chi connectivity index (χ1n) is 7.31. The van der Waals surface area contributed by atoms with E-state index in [0.717, 1.165) is 55.0 Å². The summed E-state index contributed by atoms with van der Waals surface area (Å²) in [4.78, 5) is 15.1. The van der Waals surface area contributed by atoms with E-state index in [0.29, 0.717) is 0 Å². The van der Waals surface area contributed by atoms with Crippen molar-refractivity contribution in [3.63, 3.8) is 0 Å². The molecule has 1 aromatic carbocycles. The van der Waals surface area contributed by atoms with Gasteiger partial charge < -0.3 is 5.11 Å². The number of aromatic hydroxyl groups is 1. The zero-order chi connectivity index (χ0) is 14.2. The van der Waals surface area contributed by atoms with Gasteiger partial charge in [0.25, 0.3) is 0 Å². The SMILES string of the molecule is O=C=NC1(c2c(O)c(Br)cc3c2CCCC3)CCCC1. The zero-order valence-electron chi connectivity index (χ0n) is 11.4. The second-order valence-electron chi connectivity index (χ2n) is 5.87. The molecule has 2 aliphatic rings. The second-order valence-corrected chi connectivity index (χ2v) is 6.72. The Morgan fingerprint density at radius 3 is 2.60 bits per heavy atom. The molecular formula is C16H18BrNO2. The standard InChI is InChI=1S/C16H18BrNO2/c17-13-9-11-5-1-2-6-12(11)14(15(13)20)16(18-10-19)7-3-4-8-16/h9,20H,1-8H2. The Balaban J connectivity index is 2.26. The van der Waals surface area contributed by atoms with Crippen molar-refractivity contribution in [2.45, 2.75) is 56.9 Å². The highest BCUT2D eigenvalue weighted by atomic mass is 79.9. The smallest absolute Gasteiger partial charge is 0.235 e. The Labute approximate surface area is 127 Å². The van der Waals surface area contributed by atoms with E-state index in [1.165, 1.54) is 17.5 Å². The van der Waals surface area contributed by atoms with E-state index in [-0.39, 0.29) is 5.75 Å². The van der Waals surface area contributed by atoms with Gasteiger partial charge in [0.05, 0.1) is 4.47 Å². The van der Waals surface area contributed by atoms with E-state index >= 15 is 0 Å². The molecule has 0 radical (unpaired) electrons. The Hall–Kier alpha value is -1.12. The van der Waals surface area contributed by atoms with E-state index in [2.05, 4.69) is 20.9 Å². The molecule has 2 aliphatic carbocycles. The number of hydrogen-bond donors (Lipinski definition) is 1. The predicted molar refractivity (Wildman–Crippen MR) is 80.7 cm³/mol. The molecule has 3 rings (SSSR count). The lowest BCUT2D eigenvalue weighted by atomic mass is 9.78. The van der Waals surface area contributed by atoms with Gasteiger partial charge in [-0.15, -0.1) is 0 Å². The van der Waals surface area contributed by atoms with Crippen molar-refractivity contribution in [3.8, 4) is 5.75 Å². The van der Waals surface area contributed by atoms with Crippen molar-refractivity contribution in [1.29, 1.82) is 0 Å². The molecule has 0 saturated heterocycles. The Bertz CT molecular complexity index is 585. The maximum Gasteiger partial charge on any atom is 0.235 e. The van der Waals surface area contributed by atoms with Gasteiger partial charge in [0.1, 0.15) is 11.3 Å². The molecule has 0 atom stereocenters. The molecule has 0 amide bonds. The van der Waals surface area contributed by atoms with Gasteiger partial charge in [0, 0.05) is 5.56 Å². The van der Waals surface area contributed by atoms with Crippen LogP contribution < -0.4 is 0 Å². The maximum absolute atomic E-state index is 10.9. The van der Waals surface area contributed by atoms with Crippen LogP contribution in [-0.4, -0.2) is 11.2 Å². The third-order valence-electron chi connectivity index (χ3n) is 4.73. The first-order chi connectivity index (χ1) is 9.68. The van der Waals surface area contributed by atoms with E-state index in [9.17, 15) is 9.90 Å². The minimum absolute atomic E-state index is 0.270. The quantitative estimate of drug-likeness (QED) is 0.652. The van der Waals surface area contributed by atoms with Gasteiger partial charge in [-0.3, -0.25) is 0 Å². The molecule has 20 heavy (non-hydrogen) atoms. The lowest BCUT2D eigenvalue weighted by Gasteiger charge is -2.30. The highest BCUT2D eigenvalue weighted by Gasteiger charge is 2.41. The summed E-state index contributed by atoms with van der Waals surface area (Å²) in [7, 11) is 0. The number of phenols is 1. The number of phenolic OH excluding ortho intramolecular Hbond substituents is 1. The molecule has 1 N–H and O–H groups in total. The third kappa shape index (κ3) is 2.11. The van der Waals surface area contributed by atoms with Gasteiger partial charge in [-0.25, -0.2) is 4.79 Å². The van der Waals surface area contributed by atoms with Crippen molar-refractivity contribution in [1.82, 2.24) is 0 Å². The van der Waals surface area contributed by atoms with E-state index in [1.54, 1.807) is 6.08 Å². The van der Waals surface area contributed by atoms with Gasteiger partial charge in [-0.05, 0) is 71.6 Å². The molecule has 0 heterocycles. The summed E-state index contributed by atoms with van der Waals surface area (Å²) in [6, 6.07) is 2.03. The minimum Gasteiger partial charge on any atom is -0.506 e. The summed E-state index contributed by atoms with van der Waals surface area (Å²) in [5.74, 6) is 0.270. The van der Waals surface area contributed by atoms with Crippen molar-refractivity contribution in [3.05, 3.63) is 27.2 Å². The molecule has 0 aromatic heterocycles. The predicted octanol–water partition coefficient (Wildman–Crippen LogP) is 4.14. The molecule has 0 unspecified atom stereocenters. The summed E-state index contributed by atoms with van der Waals surface area (Å²) in [6.45, 7) is 0. The number of isocyanates is 1. The van der Waals surface area contributed by atoms with Gasteiger partial charge in [0.15, 0.2) is 0 Å². The number of aryl methyl sites for hydroxylation is 1. The van der Waals surface area contributed by atoms with Crippen LogP contribution in [0.5, 0.6) is 5.75 Å². The van der Waals surface area contributed by atoms with Crippen LogP contribution in [0.15, 0.2) is 15.5 Å². The maximum atomic E-state index is 10.9. The molecule has 0 spiro atoms. The Morgan fingerprint density at radius 2 is 1.90 bits per heavy atom. The molecule has 4 heteroatoms. The highest BCUT2D eigenvalue weighted by Crippen LogP contribution is 2.50. The van der Waals surface area contributed by atoms with E-state index in [4.69, 9.17) is 0 Å². The van der Waals surface area contributed by atoms with Crippen LogP contribution >= 0.6 is 15.9 Å². The molecule has 0 bridgehead atoms. The van der Waals surface area contributed by atoms with Crippen molar-refractivity contribution in [2.75, 3.05) is 0 Å². The van der Waals surface area contributed by atoms with Gasteiger partial charge in [0.2, 0.25) is 6.08 Å². The van der Waals surface area contributed by atoms with Gasteiger partial charge >= 0.3 is 0 Å². The number of rotatable bonds is 2. The molecule has 1 fully saturated rings. The van der Waals surface area contributed by atoms with Crippen LogP contribution in [0.3, 0.4) is 0 Å². The minimum atomic E-state index is -0.545.